The molecule has 0 amide bonds. The van der Waals surface area contributed by atoms with E-state index in [1.165, 1.54) is 5.56 Å². The molecule has 2 N–H and O–H groups in total. The molecule has 0 radical (unpaired) electrons. The number of halogens is 1. The fraction of sp³-hybridized carbons (Fsp3) is 0.500. The maximum atomic E-state index is 5.64. The Balaban J connectivity index is 0.00000144. The maximum absolute atomic E-state index is 5.64. The lowest BCUT2D eigenvalue weighted by Gasteiger charge is -2.21. The van der Waals surface area contributed by atoms with Gasteiger partial charge in [-0.3, -0.25) is 4.98 Å². The van der Waals surface area contributed by atoms with E-state index in [4.69, 9.17) is 5.73 Å². The predicted molar refractivity (Wildman–Crippen MR) is 58.0 cm³/mol. The summed E-state index contributed by atoms with van der Waals surface area (Å²) in [5.41, 5.74) is 7.14. The zero-order chi connectivity index (χ0) is 9.03. The van der Waals surface area contributed by atoms with Gasteiger partial charge < -0.3 is 5.73 Å². The summed E-state index contributed by atoms with van der Waals surface area (Å²) in [7, 11) is 0. The predicted octanol–water partition coefficient (Wildman–Crippen LogP) is 2.03. The standard InChI is InChI=1S/C10H16N2.ClH/c1-10(2,8-11)7-9-3-5-12-6-4-9;/h3-6H,7-8,11H2,1-2H3;1H. The van der Waals surface area contributed by atoms with Crippen molar-refractivity contribution in [1.82, 2.24) is 4.98 Å². The van der Waals surface area contributed by atoms with Gasteiger partial charge in [0, 0.05) is 12.4 Å². The average Bonchev–Trinajstić information content (AvgIpc) is 2.06. The highest BCUT2D eigenvalue weighted by Crippen LogP contribution is 2.19. The number of hydrogen-bond acceptors (Lipinski definition) is 2. The van der Waals surface area contributed by atoms with Crippen LogP contribution in [-0.4, -0.2) is 11.5 Å². The van der Waals surface area contributed by atoms with Crippen molar-refractivity contribution in [3.8, 4) is 0 Å². The smallest absolute Gasteiger partial charge is 0.0270 e. The summed E-state index contributed by atoms with van der Waals surface area (Å²) in [6.45, 7) is 5.07. The summed E-state index contributed by atoms with van der Waals surface area (Å²) >= 11 is 0. The number of pyridine rings is 1. The zero-order valence-electron chi connectivity index (χ0n) is 8.16. The number of nitrogens with two attached hydrogens (primary N) is 1. The van der Waals surface area contributed by atoms with Crippen LogP contribution in [0, 0.1) is 5.41 Å². The van der Waals surface area contributed by atoms with Gasteiger partial charge in [0.2, 0.25) is 0 Å². The Kier molecular flexibility index (Phi) is 4.96. The first-order valence-corrected chi connectivity index (χ1v) is 4.23. The molecule has 0 saturated carbocycles. The first-order chi connectivity index (χ1) is 5.64. The lowest BCUT2D eigenvalue weighted by molar-refractivity contribution is 0.376. The Labute approximate surface area is 86.0 Å². The molecule has 0 fully saturated rings. The van der Waals surface area contributed by atoms with Crippen LogP contribution in [0.4, 0.5) is 0 Å². The molecule has 0 unspecified atom stereocenters. The quantitative estimate of drug-likeness (QED) is 0.811. The van der Waals surface area contributed by atoms with Crippen LogP contribution in [0.1, 0.15) is 19.4 Å². The van der Waals surface area contributed by atoms with Crippen molar-refractivity contribution < 1.29 is 0 Å². The molecule has 0 aromatic carbocycles. The van der Waals surface area contributed by atoms with E-state index in [1.54, 1.807) is 0 Å². The minimum absolute atomic E-state index is 0. The fourth-order valence-electron chi connectivity index (χ4n) is 1.13. The molecule has 0 saturated heterocycles. The van der Waals surface area contributed by atoms with Crippen LogP contribution in [0.5, 0.6) is 0 Å². The Morgan fingerprint density at radius 3 is 2.31 bits per heavy atom. The lowest BCUT2D eigenvalue weighted by Crippen LogP contribution is -2.25. The van der Waals surface area contributed by atoms with Gasteiger partial charge in [-0.2, -0.15) is 0 Å². The molecule has 0 bridgehead atoms. The third kappa shape index (κ3) is 4.25. The summed E-state index contributed by atoms with van der Waals surface area (Å²) < 4.78 is 0. The molecule has 0 aliphatic carbocycles. The van der Waals surface area contributed by atoms with Gasteiger partial charge in [-0.15, -0.1) is 12.4 Å². The highest BCUT2D eigenvalue weighted by Gasteiger charge is 2.15. The molecule has 3 heteroatoms. The molecule has 2 nitrogen and oxygen atoms in total. The molecule has 0 atom stereocenters. The Bertz CT molecular complexity index is 234. The van der Waals surface area contributed by atoms with Crippen LogP contribution < -0.4 is 5.73 Å². The van der Waals surface area contributed by atoms with Crippen LogP contribution >= 0.6 is 12.4 Å². The Morgan fingerprint density at radius 2 is 1.85 bits per heavy atom. The third-order valence-electron chi connectivity index (χ3n) is 1.98. The molecule has 0 aliphatic rings. The molecule has 1 rings (SSSR count). The van der Waals surface area contributed by atoms with Crippen molar-refractivity contribution in [2.75, 3.05) is 6.54 Å². The van der Waals surface area contributed by atoms with Crippen molar-refractivity contribution in [2.45, 2.75) is 20.3 Å². The summed E-state index contributed by atoms with van der Waals surface area (Å²) in [5.74, 6) is 0. The van der Waals surface area contributed by atoms with Gasteiger partial charge in [0.25, 0.3) is 0 Å². The molecule has 1 aromatic heterocycles. The van der Waals surface area contributed by atoms with E-state index >= 15 is 0 Å². The summed E-state index contributed by atoms with van der Waals surface area (Å²) in [6, 6.07) is 4.08. The van der Waals surface area contributed by atoms with E-state index in [-0.39, 0.29) is 17.8 Å². The van der Waals surface area contributed by atoms with Crippen LogP contribution in [-0.2, 0) is 6.42 Å². The zero-order valence-corrected chi connectivity index (χ0v) is 8.97. The molecule has 0 spiro atoms. The molecule has 74 valence electrons. The summed E-state index contributed by atoms with van der Waals surface area (Å²) in [4.78, 5) is 3.97. The first kappa shape index (κ1) is 12.4. The van der Waals surface area contributed by atoms with Crippen LogP contribution in [0.2, 0.25) is 0 Å². The molecule has 13 heavy (non-hydrogen) atoms. The van der Waals surface area contributed by atoms with E-state index in [1.807, 2.05) is 24.5 Å². The van der Waals surface area contributed by atoms with E-state index in [2.05, 4.69) is 18.8 Å². The van der Waals surface area contributed by atoms with Gasteiger partial charge in [0.05, 0.1) is 0 Å². The molecule has 1 heterocycles. The van der Waals surface area contributed by atoms with Gasteiger partial charge in [-0.05, 0) is 36.1 Å². The second-order valence-electron chi connectivity index (χ2n) is 3.90. The van der Waals surface area contributed by atoms with Crippen LogP contribution in [0.3, 0.4) is 0 Å². The summed E-state index contributed by atoms with van der Waals surface area (Å²) in [6.07, 6.45) is 4.66. The Hall–Kier alpha value is -0.600. The second-order valence-corrected chi connectivity index (χ2v) is 3.90. The number of nitrogens with zero attached hydrogens (tertiary/aromatic N) is 1. The van der Waals surface area contributed by atoms with Crippen LogP contribution in [0.25, 0.3) is 0 Å². The molecular formula is C10H17ClN2. The van der Waals surface area contributed by atoms with Crippen LogP contribution in [0.15, 0.2) is 24.5 Å². The van der Waals surface area contributed by atoms with Crippen molar-refractivity contribution in [3.63, 3.8) is 0 Å². The first-order valence-electron chi connectivity index (χ1n) is 4.23. The Morgan fingerprint density at radius 1 is 1.31 bits per heavy atom. The fourth-order valence-corrected chi connectivity index (χ4v) is 1.13. The SMILES string of the molecule is CC(C)(CN)Cc1ccncc1.Cl. The van der Waals surface area contributed by atoms with Crippen molar-refractivity contribution in [3.05, 3.63) is 30.1 Å². The highest BCUT2D eigenvalue weighted by atomic mass is 35.5. The largest absolute Gasteiger partial charge is 0.330 e. The van der Waals surface area contributed by atoms with E-state index in [0.717, 1.165) is 13.0 Å². The molecule has 0 aliphatic heterocycles. The average molecular weight is 201 g/mol. The number of hydrogen-bond donors (Lipinski definition) is 1. The van der Waals surface area contributed by atoms with Gasteiger partial charge >= 0.3 is 0 Å². The van der Waals surface area contributed by atoms with E-state index in [9.17, 15) is 0 Å². The van der Waals surface area contributed by atoms with E-state index in [0.29, 0.717) is 0 Å². The monoisotopic (exact) mass is 200 g/mol. The normalized spacial score (nSPS) is 10.7. The number of aromatic nitrogens is 1. The topological polar surface area (TPSA) is 38.9 Å². The summed E-state index contributed by atoms with van der Waals surface area (Å²) in [5, 5.41) is 0. The van der Waals surface area contributed by atoms with Crippen molar-refractivity contribution in [2.24, 2.45) is 11.1 Å². The van der Waals surface area contributed by atoms with Crippen molar-refractivity contribution in [1.29, 1.82) is 0 Å². The van der Waals surface area contributed by atoms with Crippen molar-refractivity contribution >= 4 is 12.4 Å². The van der Waals surface area contributed by atoms with Gasteiger partial charge in [0.15, 0.2) is 0 Å². The minimum Gasteiger partial charge on any atom is -0.330 e. The highest BCUT2D eigenvalue weighted by molar-refractivity contribution is 5.85. The maximum Gasteiger partial charge on any atom is 0.0270 e. The molecule has 1 aromatic rings. The third-order valence-corrected chi connectivity index (χ3v) is 1.98. The van der Waals surface area contributed by atoms with Gasteiger partial charge in [-0.1, -0.05) is 13.8 Å². The van der Waals surface area contributed by atoms with E-state index < -0.39 is 0 Å². The number of rotatable bonds is 3. The second kappa shape index (κ2) is 5.20. The lowest BCUT2D eigenvalue weighted by atomic mass is 9.86. The molecular weight excluding hydrogens is 184 g/mol. The van der Waals surface area contributed by atoms with Gasteiger partial charge in [-0.25, -0.2) is 0 Å². The van der Waals surface area contributed by atoms with Gasteiger partial charge in [0.1, 0.15) is 0 Å². The minimum atomic E-state index is 0.